The van der Waals surface area contributed by atoms with Crippen molar-refractivity contribution in [3.63, 3.8) is 0 Å². The van der Waals surface area contributed by atoms with Crippen LogP contribution in [0.3, 0.4) is 0 Å². The minimum atomic E-state index is -1.21. The Balaban J connectivity index is 2.59. The Bertz CT molecular complexity index is 335. The molecule has 1 rings (SSSR count). The highest BCUT2D eigenvalue weighted by Gasteiger charge is 2.21. The molecule has 1 aromatic heterocycles. The number of hydrogen-bond donors (Lipinski definition) is 3. The summed E-state index contributed by atoms with van der Waals surface area (Å²) in [6.45, 7) is -0.326. The summed E-state index contributed by atoms with van der Waals surface area (Å²) in [4.78, 5) is 21.9. The number of rotatable bonds is 5. The lowest BCUT2D eigenvalue weighted by molar-refractivity contribution is -0.139. The number of nitrogens with one attached hydrogen (secondary N) is 1. The summed E-state index contributed by atoms with van der Waals surface area (Å²) in [5, 5.41) is 22.8. The lowest BCUT2D eigenvalue weighted by Crippen LogP contribution is -2.41. The van der Waals surface area contributed by atoms with Crippen LogP contribution in [0.1, 0.15) is 17.0 Å². The first-order valence-electron chi connectivity index (χ1n) is 4.20. The largest absolute Gasteiger partial charge is 0.480 e. The van der Waals surface area contributed by atoms with E-state index in [0.29, 0.717) is 0 Å². The Morgan fingerprint density at radius 2 is 2.33 bits per heavy atom. The molecule has 7 heteroatoms. The van der Waals surface area contributed by atoms with E-state index in [0.717, 1.165) is 0 Å². The fraction of sp³-hybridized carbons (Fsp3) is 0.375. The van der Waals surface area contributed by atoms with Crippen LogP contribution in [0.25, 0.3) is 0 Å². The van der Waals surface area contributed by atoms with Gasteiger partial charge in [-0.3, -0.25) is 4.79 Å². The highest BCUT2D eigenvalue weighted by Crippen LogP contribution is 1.99. The quantitative estimate of drug-likeness (QED) is 0.593. The van der Waals surface area contributed by atoms with Crippen molar-refractivity contribution in [2.75, 3.05) is 6.61 Å². The van der Waals surface area contributed by atoms with Crippen LogP contribution in [0, 0.1) is 0 Å². The van der Waals surface area contributed by atoms with E-state index < -0.39 is 17.9 Å². The van der Waals surface area contributed by atoms with Crippen molar-refractivity contribution in [1.29, 1.82) is 0 Å². The van der Waals surface area contributed by atoms with E-state index in [1.165, 1.54) is 12.3 Å². The van der Waals surface area contributed by atoms with Crippen molar-refractivity contribution in [3.05, 3.63) is 18.0 Å². The summed E-state index contributed by atoms with van der Waals surface area (Å²) < 4.78 is 4.54. The Hall–Kier alpha value is -1.89. The molecule has 15 heavy (non-hydrogen) atoms. The van der Waals surface area contributed by atoms with Gasteiger partial charge in [0.2, 0.25) is 5.76 Å². The van der Waals surface area contributed by atoms with Gasteiger partial charge >= 0.3 is 5.97 Å². The lowest BCUT2D eigenvalue weighted by atomic mass is 10.2. The fourth-order valence-electron chi connectivity index (χ4n) is 0.949. The van der Waals surface area contributed by atoms with Crippen LogP contribution < -0.4 is 5.32 Å². The molecule has 0 aliphatic carbocycles. The number of carboxylic acid groups (broad SMARTS) is 1. The molecule has 1 unspecified atom stereocenters. The molecule has 1 amide bonds. The van der Waals surface area contributed by atoms with Gasteiger partial charge in [-0.15, -0.1) is 0 Å². The molecule has 7 nitrogen and oxygen atoms in total. The predicted octanol–water partition coefficient (Wildman–Crippen LogP) is -0.760. The summed E-state index contributed by atoms with van der Waals surface area (Å²) in [6, 6.07) is 0.181. The second-order valence-corrected chi connectivity index (χ2v) is 2.75. The van der Waals surface area contributed by atoms with Gasteiger partial charge in [0.25, 0.3) is 5.91 Å². The first-order chi connectivity index (χ1) is 7.15. The summed E-state index contributed by atoms with van der Waals surface area (Å²) in [7, 11) is 0. The average Bonchev–Trinajstić information content (AvgIpc) is 2.69. The molecule has 0 saturated carbocycles. The SMILES string of the molecule is O=C(NC(CCO)C(=O)O)c1ccno1. The maximum absolute atomic E-state index is 11.3. The molecule has 0 aliphatic heterocycles. The highest BCUT2D eigenvalue weighted by molar-refractivity contribution is 5.94. The smallest absolute Gasteiger partial charge is 0.326 e. The molecule has 0 radical (unpaired) electrons. The van der Waals surface area contributed by atoms with E-state index in [2.05, 4.69) is 15.0 Å². The van der Waals surface area contributed by atoms with Gasteiger partial charge in [-0.25, -0.2) is 4.79 Å². The zero-order chi connectivity index (χ0) is 11.3. The Morgan fingerprint density at radius 1 is 1.60 bits per heavy atom. The number of nitrogens with zero attached hydrogens (tertiary/aromatic N) is 1. The summed E-state index contributed by atoms with van der Waals surface area (Å²) >= 11 is 0. The maximum atomic E-state index is 11.3. The zero-order valence-electron chi connectivity index (χ0n) is 7.71. The van der Waals surface area contributed by atoms with Crippen LogP contribution in [0.2, 0.25) is 0 Å². The van der Waals surface area contributed by atoms with Gasteiger partial charge < -0.3 is 20.1 Å². The van der Waals surface area contributed by atoms with Gasteiger partial charge in [0.05, 0.1) is 6.20 Å². The Kier molecular flexibility index (Phi) is 3.81. The third-order valence-corrected chi connectivity index (χ3v) is 1.68. The molecule has 0 saturated heterocycles. The van der Waals surface area contributed by atoms with E-state index in [9.17, 15) is 9.59 Å². The van der Waals surface area contributed by atoms with Crippen LogP contribution >= 0.6 is 0 Å². The van der Waals surface area contributed by atoms with E-state index in [-0.39, 0.29) is 18.8 Å². The van der Waals surface area contributed by atoms with Crippen LogP contribution in [0.15, 0.2) is 16.8 Å². The molecule has 3 N–H and O–H groups in total. The van der Waals surface area contributed by atoms with Crippen LogP contribution in [-0.4, -0.2) is 39.9 Å². The first kappa shape index (κ1) is 11.2. The molecule has 82 valence electrons. The number of aliphatic hydroxyl groups is 1. The third kappa shape index (κ3) is 3.06. The molecule has 1 heterocycles. The van der Waals surface area contributed by atoms with Crippen molar-refractivity contribution >= 4 is 11.9 Å². The number of carbonyl (C=O) groups excluding carboxylic acids is 1. The average molecular weight is 214 g/mol. The van der Waals surface area contributed by atoms with E-state index in [1.54, 1.807) is 0 Å². The molecule has 0 fully saturated rings. The minimum absolute atomic E-state index is 0.0603. The summed E-state index contributed by atoms with van der Waals surface area (Å²) in [6.07, 6.45) is 1.21. The van der Waals surface area contributed by atoms with Gasteiger partial charge in [0.15, 0.2) is 0 Å². The molecule has 0 bridgehead atoms. The van der Waals surface area contributed by atoms with Gasteiger partial charge in [0, 0.05) is 19.1 Å². The molecule has 1 atom stereocenters. The van der Waals surface area contributed by atoms with E-state index in [4.69, 9.17) is 10.2 Å². The normalized spacial score (nSPS) is 12.1. The van der Waals surface area contributed by atoms with E-state index >= 15 is 0 Å². The van der Waals surface area contributed by atoms with Crippen LogP contribution in [-0.2, 0) is 4.79 Å². The molecule has 0 spiro atoms. The number of amides is 1. The Labute approximate surface area is 84.7 Å². The number of carbonyl (C=O) groups is 2. The molecular weight excluding hydrogens is 204 g/mol. The first-order valence-corrected chi connectivity index (χ1v) is 4.20. The number of aliphatic hydroxyl groups excluding tert-OH is 1. The van der Waals surface area contributed by atoms with Crippen molar-refractivity contribution in [1.82, 2.24) is 10.5 Å². The van der Waals surface area contributed by atoms with Crippen molar-refractivity contribution < 1.29 is 24.3 Å². The lowest BCUT2D eigenvalue weighted by Gasteiger charge is -2.11. The maximum Gasteiger partial charge on any atom is 0.326 e. The fourth-order valence-corrected chi connectivity index (χ4v) is 0.949. The third-order valence-electron chi connectivity index (χ3n) is 1.68. The van der Waals surface area contributed by atoms with Crippen molar-refractivity contribution in [3.8, 4) is 0 Å². The van der Waals surface area contributed by atoms with Gasteiger partial charge in [-0.05, 0) is 0 Å². The number of aliphatic carboxylic acids is 1. The monoisotopic (exact) mass is 214 g/mol. The molecule has 0 aliphatic rings. The predicted molar refractivity (Wildman–Crippen MR) is 47.1 cm³/mol. The number of carboxylic acids is 1. The van der Waals surface area contributed by atoms with Crippen molar-refractivity contribution in [2.24, 2.45) is 0 Å². The zero-order valence-corrected chi connectivity index (χ0v) is 7.71. The minimum Gasteiger partial charge on any atom is -0.480 e. The van der Waals surface area contributed by atoms with Crippen LogP contribution in [0.4, 0.5) is 0 Å². The van der Waals surface area contributed by atoms with E-state index in [1.807, 2.05) is 0 Å². The molecule has 1 aromatic rings. The summed E-state index contributed by atoms with van der Waals surface area (Å²) in [5.41, 5.74) is 0. The Morgan fingerprint density at radius 3 is 2.80 bits per heavy atom. The standard InChI is InChI=1S/C8H10N2O5/c11-4-2-5(8(13)14)10-7(12)6-1-3-9-15-6/h1,3,5,11H,2,4H2,(H,10,12)(H,13,14). The number of aromatic nitrogens is 1. The topological polar surface area (TPSA) is 113 Å². The summed E-state index contributed by atoms with van der Waals surface area (Å²) in [5.74, 6) is -1.95. The van der Waals surface area contributed by atoms with Gasteiger partial charge in [0.1, 0.15) is 6.04 Å². The molecule has 0 aromatic carbocycles. The number of hydrogen-bond acceptors (Lipinski definition) is 5. The van der Waals surface area contributed by atoms with Crippen molar-refractivity contribution in [2.45, 2.75) is 12.5 Å². The van der Waals surface area contributed by atoms with Gasteiger partial charge in [-0.2, -0.15) is 0 Å². The second-order valence-electron chi connectivity index (χ2n) is 2.75. The van der Waals surface area contributed by atoms with Crippen LogP contribution in [0.5, 0.6) is 0 Å². The molecular formula is C8H10N2O5. The van der Waals surface area contributed by atoms with Gasteiger partial charge in [-0.1, -0.05) is 5.16 Å². The second kappa shape index (κ2) is 5.11. The highest BCUT2D eigenvalue weighted by atomic mass is 16.5.